The molecule has 3 N–H and O–H groups in total. The molecule has 5 aliphatic rings. The number of aliphatic hydroxyl groups is 1. The molecule has 3 fully saturated rings. The molecule has 5 heteroatoms. The Morgan fingerprint density at radius 1 is 0.957 bits per heavy atom. The summed E-state index contributed by atoms with van der Waals surface area (Å²) in [5.41, 5.74) is 11.0. The smallest absolute Gasteiger partial charge is 0.338 e. The number of fused-ring (bicyclic) bond motifs is 7. The molecule has 0 spiro atoms. The number of benzene rings is 1. The maximum atomic E-state index is 13.7. The van der Waals surface area contributed by atoms with Crippen LogP contribution in [0, 0.1) is 50.7 Å². The van der Waals surface area contributed by atoms with Gasteiger partial charge in [0.15, 0.2) is 5.78 Å². The van der Waals surface area contributed by atoms with Crippen LogP contribution < -0.4 is 5.73 Å². The minimum Gasteiger partial charge on any atom is -0.456 e. The van der Waals surface area contributed by atoms with Crippen molar-refractivity contribution in [2.75, 3.05) is 6.54 Å². The molecule has 1 aromatic rings. The number of carbonyl (C=O) groups is 2. The molecule has 0 bridgehead atoms. The second-order valence-electron chi connectivity index (χ2n) is 18.7. The van der Waals surface area contributed by atoms with Gasteiger partial charge in [-0.3, -0.25) is 4.79 Å². The van der Waals surface area contributed by atoms with E-state index in [1.165, 1.54) is 29.6 Å². The second kappa shape index (κ2) is 11.1. The van der Waals surface area contributed by atoms with E-state index in [4.69, 9.17) is 10.5 Å². The lowest BCUT2D eigenvalue weighted by Crippen LogP contribution is -2.64. The van der Waals surface area contributed by atoms with Crippen molar-refractivity contribution < 1.29 is 19.4 Å². The number of ketones is 1. The van der Waals surface area contributed by atoms with Gasteiger partial charge < -0.3 is 15.6 Å². The van der Waals surface area contributed by atoms with Crippen LogP contribution in [0.1, 0.15) is 137 Å². The first-order chi connectivity index (χ1) is 21.8. The topological polar surface area (TPSA) is 89.6 Å². The third kappa shape index (κ3) is 4.90. The first-order valence-corrected chi connectivity index (χ1v) is 18.5. The summed E-state index contributed by atoms with van der Waals surface area (Å²) in [4.78, 5) is 26.4. The highest BCUT2D eigenvalue weighted by Gasteiger charge is 2.70. The van der Waals surface area contributed by atoms with Crippen molar-refractivity contribution >= 4 is 17.3 Å². The highest BCUT2D eigenvalue weighted by molar-refractivity contribution is 6.00. The highest BCUT2D eigenvalue weighted by atomic mass is 16.6. The maximum Gasteiger partial charge on any atom is 0.338 e. The van der Waals surface area contributed by atoms with Gasteiger partial charge in [0.2, 0.25) is 0 Å². The summed E-state index contributed by atoms with van der Waals surface area (Å²) in [6, 6.07) is 8.07. The van der Waals surface area contributed by atoms with E-state index in [0.29, 0.717) is 29.7 Å². The summed E-state index contributed by atoms with van der Waals surface area (Å²) < 4.78 is 5.62. The standard InChI is InChI=1S/C42H61NO4/c1-25(2)34-30(44)23-42(33(45)24-43)22-21-40(9)29(35(34)42)15-16-32-39(8)19-17-28(38(6,7)31(39)18-20-41(32,40)10)26-11-13-27(14-12-26)36(46)47-37(3,4)5/h11-14,17,25,29,31-33,45H,15-16,18-24,43H2,1-10H3/t29-,31+,32-,33?,39+,40-,41-,42+/m1/s1. The molecule has 47 heavy (non-hydrogen) atoms. The van der Waals surface area contributed by atoms with Gasteiger partial charge in [-0.25, -0.2) is 4.79 Å². The Labute approximate surface area is 284 Å². The maximum absolute atomic E-state index is 13.7. The van der Waals surface area contributed by atoms with Crippen LogP contribution in [0.3, 0.4) is 0 Å². The first-order valence-electron chi connectivity index (χ1n) is 18.5. The zero-order valence-electron chi connectivity index (χ0n) is 30.9. The van der Waals surface area contributed by atoms with Gasteiger partial charge in [0, 0.05) is 18.4 Å². The van der Waals surface area contributed by atoms with Gasteiger partial charge in [-0.05, 0) is 140 Å². The molecule has 6 rings (SSSR count). The van der Waals surface area contributed by atoms with E-state index in [1.807, 2.05) is 32.9 Å². The van der Waals surface area contributed by atoms with Crippen LogP contribution in [-0.2, 0) is 9.53 Å². The largest absolute Gasteiger partial charge is 0.456 e. The lowest BCUT2D eigenvalue weighted by atomic mass is 9.33. The van der Waals surface area contributed by atoms with E-state index < -0.39 is 17.1 Å². The van der Waals surface area contributed by atoms with Crippen molar-refractivity contribution in [3.8, 4) is 0 Å². The van der Waals surface area contributed by atoms with Crippen LogP contribution in [0.4, 0.5) is 0 Å². The number of hydrogen-bond donors (Lipinski definition) is 2. The Bertz CT molecular complexity index is 1510. The van der Waals surface area contributed by atoms with E-state index in [2.05, 4.69) is 66.7 Å². The average Bonchev–Trinajstić information content (AvgIpc) is 3.29. The molecule has 1 unspecified atom stereocenters. The number of ether oxygens (including phenoxy) is 1. The number of allylic oxidation sites excluding steroid dienone is 3. The Balaban J connectivity index is 1.34. The lowest BCUT2D eigenvalue weighted by molar-refractivity contribution is -0.200. The molecular formula is C42H61NO4. The average molecular weight is 644 g/mol. The van der Waals surface area contributed by atoms with Gasteiger partial charge in [-0.2, -0.15) is 0 Å². The number of carbonyl (C=O) groups excluding carboxylic acids is 2. The Morgan fingerprint density at radius 2 is 1.62 bits per heavy atom. The van der Waals surface area contributed by atoms with E-state index >= 15 is 0 Å². The molecule has 1 aromatic carbocycles. The Morgan fingerprint density at radius 3 is 2.21 bits per heavy atom. The predicted octanol–water partition coefficient (Wildman–Crippen LogP) is 8.94. The molecule has 8 atom stereocenters. The molecule has 0 aromatic heterocycles. The molecule has 0 heterocycles. The van der Waals surface area contributed by atoms with Crippen molar-refractivity contribution in [1.29, 1.82) is 0 Å². The summed E-state index contributed by atoms with van der Waals surface area (Å²) in [7, 11) is 0. The minimum atomic E-state index is -0.665. The van der Waals surface area contributed by atoms with Crippen molar-refractivity contribution in [3.05, 3.63) is 52.6 Å². The third-order valence-corrected chi connectivity index (χ3v) is 14.8. The van der Waals surface area contributed by atoms with Crippen molar-refractivity contribution in [2.24, 2.45) is 56.5 Å². The summed E-state index contributed by atoms with van der Waals surface area (Å²) >= 11 is 0. The molecular weight excluding hydrogens is 582 g/mol. The molecule has 0 saturated heterocycles. The van der Waals surface area contributed by atoms with Gasteiger partial charge in [-0.15, -0.1) is 0 Å². The zero-order valence-corrected chi connectivity index (χ0v) is 30.9. The van der Waals surface area contributed by atoms with E-state index in [-0.39, 0.29) is 45.9 Å². The number of esters is 1. The fourth-order valence-corrected chi connectivity index (χ4v) is 12.5. The van der Waals surface area contributed by atoms with Crippen molar-refractivity contribution in [3.63, 3.8) is 0 Å². The molecule has 3 saturated carbocycles. The monoisotopic (exact) mass is 643 g/mol. The fraction of sp³-hybridized carbons (Fsp3) is 0.714. The number of nitrogens with two attached hydrogens (primary N) is 1. The van der Waals surface area contributed by atoms with Crippen LogP contribution in [-0.4, -0.2) is 35.1 Å². The minimum absolute atomic E-state index is 0.0162. The number of Topliss-reactive ketones (excluding diaryl/α,β-unsaturated/α-hetero) is 1. The first kappa shape index (κ1) is 34.6. The van der Waals surface area contributed by atoms with Crippen LogP contribution in [0.5, 0.6) is 0 Å². The normalized spacial score (nSPS) is 38.6. The van der Waals surface area contributed by atoms with Gasteiger partial charge in [-0.1, -0.05) is 72.2 Å². The molecule has 5 aliphatic carbocycles. The van der Waals surface area contributed by atoms with Crippen LogP contribution in [0.15, 0.2) is 41.5 Å². The van der Waals surface area contributed by atoms with E-state index in [9.17, 15) is 14.7 Å². The van der Waals surface area contributed by atoms with Crippen LogP contribution >= 0.6 is 0 Å². The van der Waals surface area contributed by atoms with Gasteiger partial charge in [0.05, 0.1) is 11.7 Å². The SMILES string of the molecule is CC(C)C1=C2[C@H]3CC[C@@H]4[C@@]5(C)CC=C(c6ccc(C(=O)OC(C)(C)C)cc6)C(C)(C)[C@@H]5CC[C@@]4(C)[C@]3(C)CC[C@@]2(C(O)CN)CC1=O. The third-order valence-electron chi connectivity index (χ3n) is 14.8. The molecule has 258 valence electrons. The number of aliphatic hydroxyl groups excluding tert-OH is 1. The second-order valence-corrected chi connectivity index (χ2v) is 18.7. The number of hydrogen-bond acceptors (Lipinski definition) is 5. The summed E-state index contributed by atoms with van der Waals surface area (Å²) in [5.74, 6) is 1.56. The predicted molar refractivity (Wildman–Crippen MR) is 189 cm³/mol. The van der Waals surface area contributed by atoms with E-state index in [1.54, 1.807) is 0 Å². The van der Waals surface area contributed by atoms with Crippen molar-refractivity contribution in [1.82, 2.24) is 0 Å². The van der Waals surface area contributed by atoms with Gasteiger partial charge >= 0.3 is 5.97 Å². The Kier molecular flexibility index (Phi) is 8.20. The molecule has 5 nitrogen and oxygen atoms in total. The quantitative estimate of drug-likeness (QED) is 0.313. The summed E-state index contributed by atoms with van der Waals surface area (Å²) in [5, 5.41) is 11.4. The van der Waals surface area contributed by atoms with Crippen molar-refractivity contribution in [2.45, 2.75) is 132 Å². The molecule has 0 amide bonds. The molecule has 0 radical (unpaired) electrons. The van der Waals surface area contributed by atoms with Crippen LogP contribution in [0.25, 0.3) is 5.57 Å². The lowest BCUT2D eigenvalue weighted by Gasteiger charge is -2.71. The van der Waals surface area contributed by atoms with E-state index in [0.717, 1.165) is 37.7 Å². The fourth-order valence-electron chi connectivity index (χ4n) is 12.5. The molecule has 0 aliphatic heterocycles. The zero-order chi connectivity index (χ0) is 34.5. The van der Waals surface area contributed by atoms with Gasteiger partial charge in [0.1, 0.15) is 5.60 Å². The summed E-state index contributed by atoms with van der Waals surface area (Å²) in [6.07, 6.45) is 9.85. The Hall–Kier alpha value is -2.24. The van der Waals surface area contributed by atoms with Crippen LogP contribution in [0.2, 0.25) is 0 Å². The van der Waals surface area contributed by atoms with Gasteiger partial charge in [0.25, 0.3) is 0 Å². The summed E-state index contributed by atoms with van der Waals surface area (Å²) in [6.45, 7) is 22.9. The number of rotatable bonds is 5. The highest BCUT2D eigenvalue weighted by Crippen LogP contribution is 2.77.